The molecule has 0 amide bonds. The van der Waals surface area contributed by atoms with Gasteiger partial charge in [0.25, 0.3) is 0 Å². The predicted molar refractivity (Wildman–Crippen MR) is 68.8 cm³/mol. The van der Waals surface area contributed by atoms with E-state index in [2.05, 4.69) is 16.9 Å². The van der Waals surface area contributed by atoms with Crippen molar-refractivity contribution in [3.8, 4) is 0 Å². The van der Waals surface area contributed by atoms with Gasteiger partial charge in [0.1, 0.15) is 0 Å². The highest BCUT2D eigenvalue weighted by atomic mass is 15.3. The molecule has 3 heteroatoms. The first kappa shape index (κ1) is 11.3. The van der Waals surface area contributed by atoms with Crippen LogP contribution in [0.1, 0.15) is 56.7 Å². The van der Waals surface area contributed by atoms with Crippen molar-refractivity contribution in [2.45, 2.75) is 63.5 Å². The van der Waals surface area contributed by atoms with Crippen molar-refractivity contribution in [3.63, 3.8) is 0 Å². The van der Waals surface area contributed by atoms with Crippen LogP contribution in [0.15, 0.2) is 12.3 Å². The summed E-state index contributed by atoms with van der Waals surface area (Å²) in [5, 5.41) is 4.76. The van der Waals surface area contributed by atoms with Gasteiger partial charge in [-0.2, -0.15) is 5.10 Å². The Kier molecular flexibility index (Phi) is 3.19. The van der Waals surface area contributed by atoms with Crippen molar-refractivity contribution in [3.05, 3.63) is 18.0 Å². The van der Waals surface area contributed by atoms with Crippen molar-refractivity contribution in [2.24, 2.45) is 11.7 Å². The van der Waals surface area contributed by atoms with Crippen LogP contribution >= 0.6 is 0 Å². The Hall–Kier alpha value is -0.830. The lowest BCUT2D eigenvalue weighted by Gasteiger charge is -2.31. The molecule has 0 saturated heterocycles. The second kappa shape index (κ2) is 4.81. The molecule has 1 heterocycles. The summed E-state index contributed by atoms with van der Waals surface area (Å²) in [5.41, 5.74) is 7.09. The lowest BCUT2D eigenvalue weighted by Crippen LogP contribution is -2.37. The summed E-state index contributed by atoms with van der Waals surface area (Å²) in [6.45, 7) is 0. The predicted octanol–water partition coefficient (Wildman–Crippen LogP) is 2.67. The van der Waals surface area contributed by atoms with E-state index in [9.17, 15) is 0 Å². The van der Waals surface area contributed by atoms with Gasteiger partial charge < -0.3 is 5.73 Å². The molecule has 0 unspecified atom stereocenters. The van der Waals surface area contributed by atoms with Crippen LogP contribution in [0.2, 0.25) is 0 Å². The number of aromatic nitrogens is 2. The van der Waals surface area contributed by atoms with Crippen LogP contribution in [0.3, 0.4) is 0 Å². The van der Waals surface area contributed by atoms with Crippen LogP contribution in [0.5, 0.6) is 0 Å². The highest BCUT2D eigenvalue weighted by Gasteiger charge is 2.26. The summed E-state index contributed by atoms with van der Waals surface area (Å²) in [7, 11) is 0. The number of nitrogens with zero attached hydrogens (tertiary/aromatic N) is 2. The number of hydrogen-bond donors (Lipinski definition) is 1. The maximum atomic E-state index is 5.82. The molecule has 0 aliphatic heterocycles. The molecule has 2 saturated carbocycles. The number of nitrogens with two attached hydrogens (primary N) is 1. The Morgan fingerprint density at radius 3 is 2.71 bits per heavy atom. The van der Waals surface area contributed by atoms with Gasteiger partial charge in [-0.15, -0.1) is 0 Å². The molecule has 1 aromatic heterocycles. The van der Waals surface area contributed by atoms with Crippen molar-refractivity contribution >= 4 is 0 Å². The molecular weight excluding hydrogens is 210 g/mol. The highest BCUT2D eigenvalue weighted by molar-refractivity contribution is 5.03. The molecule has 0 bridgehead atoms. The maximum absolute atomic E-state index is 5.82. The average Bonchev–Trinajstić information content (AvgIpc) is 2.77. The standard InChI is InChI=1S/C14H23N3/c15-12-8-11(9-12)10-13-6-7-17(16-13)14-4-2-1-3-5-14/h6-7,11-12,14H,1-5,8-10,15H2. The van der Waals surface area contributed by atoms with Crippen LogP contribution < -0.4 is 5.73 Å². The fourth-order valence-electron chi connectivity index (χ4n) is 3.28. The molecule has 3 rings (SSSR count). The van der Waals surface area contributed by atoms with Crippen LogP contribution in [0.4, 0.5) is 0 Å². The van der Waals surface area contributed by atoms with Crippen molar-refractivity contribution in [1.29, 1.82) is 0 Å². The van der Waals surface area contributed by atoms with Crippen LogP contribution in [0, 0.1) is 5.92 Å². The Labute approximate surface area is 103 Å². The molecule has 0 radical (unpaired) electrons. The summed E-state index contributed by atoms with van der Waals surface area (Å²) >= 11 is 0. The van der Waals surface area contributed by atoms with Gasteiger partial charge in [-0.05, 0) is 44.1 Å². The minimum Gasteiger partial charge on any atom is -0.328 e. The average molecular weight is 233 g/mol. The largest absolute Gasteiger partial charge is 0.328 e. The lowest BCUT2D eigenvalue weighted by molar-refractivity contribution is 0.260. The van der Waals surface area contributed by atoms with E-state index >= 15 is 0 Å². The molecule has 3 nitrogen and oxygen atoms in total. The molecule has 0 atom stereocenters. The summed E-state index contributed by atoms with van der Waals surface area (Å²) in [6.07, 6.45) is 12.5. The van der Waals surface area contributed by atoms with Gasteiger partial charge >= 0.3 is 0 Å². The summed E-state index contributed by atoms with van der Waals surface area (Å²) in [4.78, 5) is 0. The second-order valence-corrected chi connectivity index (χ2v) is 5.88. The minimum absolute atomic E-state index is 0.459. The molecule has 0 aromatic carbocycles. The molecule has 17 heavy (non-hydrogen) atoms. The topological polar surface area (TPSA) is 43.8 Å². The third-order valence-corrected chi connectivity index (χ3v) is 4.38. The Bertz CT molecular complexity index is 359. The number of rotatable bonds is 3. The SMILES string of the molecule is NC1CC(Cc2ccn(C3CCCCC3)n2)C1. The summed E-state index contributed by atoms with van der Waals surface area (Å²) < 4.78 is 2.22. The van der Waals surface area contributed by atoms with E-state index in [0.717, 1.165) is 12.3 Å². The fraction of sp³-hybridized carbons (Fsp3) is 0.786. The first-order chi connectivity index (χ1) is 8.31. The molecule has 1 aromatic rings. The van der Waals surface area contributed by atoms with Crippen LogP contribution in [-0.4, -0.2) is 15.8 Å². The van der Waals surface area contributed by atoms with Gasteiger partial charge in [-0.3, -0.25) is 4.68 Å². The second-order valence-electron chi connectivity index (χ2n) is 5.88. The Morgan fingerprint density at radius 2 is 2.00 bits per heavy atom. The molecule has 2 N–H and O–H groups in total. The van der Waals surface area contributed by atoms with Crippen molar-refractivity contribution < 1.29 is 0 Å². The van der Waals surface area contributed by atoms with Gasteiger partial charge in [0.15, 0.2) is 0 Å². The molecular formula is C14H23N3. The van der Waals surface area contributed by atoms with E-state index in [1.807, 2.05) is 0 Å². The molecule has 0 spiro atoms. The number of hydrogen-bond acceptors (Lipinski definition) is 2. The van der Waals surface area contributed by atoms with E-state index in [4.69, 9.17) is 10.8 Å². The Morgan fingerprint density at radius 1 is 1.24 bits per heavy atom. The van der Waals surface area contributed by atoms with E-state index < -0.39 is 0 Å². The van der Waals surface area contributed by atoms with Gasteiger partial charge in [-0.1, -0.05) is 19.3 Å². The van der Waals surface area contributed by atoms with E-state index in [0.29, 0.717) is 12.1 Å². The van der Waals surface area contributed by atoms with Gasteiger partial charge in [0, 0.05) is 12.2 Å². The van der Waals surface area contributed by atoms with E-state index in [1.54, 1.807) is 0 Å². The molecule has 2 aliphatic carbocycles. The minimum atomic E-state index is 0.459. The fourth-order valence-corrected chi connectivity index (χ4v) is 3.28. The zero-order valence-corrected chi connectivity index (χ0v) is 10.5. The zero-order valence-electron chi connectivity index (χ0n) is 10.5. The Balaban J connectivity index is 1.58. The monoisotopic (exact) mass is 233 g/mol. The summed E-state index contributed by atoms with van der Waals surface area (Å²) in [6, 6.07) is 3.33. The third kappa shape index (κ3) is 2.54. The molecule has 2 fully saturated rings. The highest BCUT2D eigenvalue weighted by Crippen LogP contribution is 2.30. The zero-order chi connectivity index (χ0) is 11.7. The van der Waals surface area contributed by atoms with E-state index in [-0.39, 0.29) is 0 Å². The first-order valence-electron chi connectivity index (χ1n) is 7.11. The van der Waals surface area contributed by atoms with Crippen molar-refractivity contribution in [1.82, 2.24) is 9.78 Å². The van der Waals surface area contributed by atoms with Gasteiger partial charge in [0.2, 0.25) is 0 Å². The normalized spacial score (nSPS) is 30.2. The summed E-state index contributed by atoms with van der Waals surface area (Å²) in [5.74, 6) is 0.791. The lowest BCUT2D eigenvalue weighted by atomic mass is 9.78. The van der Waals surface area contributed by atoms with Gasteiger partial charge in [-0.25, -0.2) is 0 Å². The molecule has 94 valence electrons. The first-order valence-corrected chi connectivity index (χ1v) is 7.11. The molecule has 2 aliphatic rings. The van der Waals surface area contributed by atoms with Crippen LogP contribution in [0.25, 0.3) is 0 Å². The third-order valence-electron chi connectivity index (χ3n) is 4.38. The van der Waals surface area contributed by atoms with E-state index in [1.165, 1.54) is 50.6 Å². The maximum Gasteiger partial charge on any atom is 0.0627 e. The smallest absolute Gasteiger partial charge is 0.0627 e. The quantitative estimate of drug-likeness (QED) is 0.872. The van der Waals surface area contributed by atoms with Crippen molar-refractivity contribution in [2.75, 3.05) is 0 Å². The van der Waals surface area contributed by atoms with Gasteiger partial charge in [0.05, 0.1) is 11.7 Å². The van der Waals surface area contributed by atoms with Crippen LogP contribution in [-0.2, 0) is 6.42 Å².